The number of rotatable bonds is 5. The van der Waals surface area contributed by atoms with Crippen molar-refractivity contribution in [3.63, 3.8) is 0 Å². The highest BCUT2D eigenvalue weighted by molar-refractivity contribution is 5.95. The van der Waals surface area contributed by atoms with E-state index < -0.39 is 11.0 Å². The first kappa shape index (κ1) is 15.1. The van der Waals surface area contributed by atoms with Crippen LogP contribution in [0.3, 0.4) is 0 Å². The van der Waals surface area contributed by atoms with Crippen molar-refractivity contribution >= 4 is 17.3 Å². The summed E-state index contributed by atoms with van der Waals surface area (Å²) >= 11 is 0. The zero-order valence-corrected chi connectivity index (χ0v) is 11.3. The topological polar surface area (TPSA) is 98.3 Å². The van der Waals surface area contributed by atoms with Gasteiger partial charge in [0.2, 0.25) is 5.91 Å². The van der Waals surface area contributed by atoms with E-state index in [4.69, 9.17) is 5.73 Å². The summed E-state index contributed by atoms with van der Waals surface area (Å²) in [6, 6.07) is 3.96. The molecule has 3 N–H and O–H groups in total. The predicted octanol–water partition coefficient (Wildman–Crippen LogP) is 2.22. The SMILES string of the molecule is Cc1ccc(NC(=O)[C@H](N)CC(C)C)cc1[N+](=O)[O-]. The molecule has 6 nitrogen and oxygen atoms in total. The monoisotopic (exact) mass is 265 g/mol. The lowest BCUT2D eigenvalue weighted by Crippen LogP contribution is -2.36. The van der Waals surface area contributed by atoms with Crippen molar-refractivity contribution in [3.05, 3.63) is 33.9 Å². The van der Waals surface area contributed by atoms with Crippen LogP contribution in [0.5, 0.6) is 0 Å². The van der Waals surface area contributed by atoms with Gasteiger partial charge in [-0.25, -0.2) is 0 Å². The second kappa shape index (κ2) is 6.29. The molecule has 0 aromatic heterocycles. The van der Waals surface area contributed by atoms with Gasteiger partial charge in [-0.3, -0.25) is 14.9 Å². The number of aryl methyl sites for hydroxylation is 1. The van der Waals surface area contributed by atoms with Crippen LogP contribution in [0.15, 0.2) is 18.2 Å². The highest BCUT2D eigenvalue weighted by Gasteiger charge is 2.17. The van der Waals surface area contributed by atoms with Gasteiger partial charge in [0.15, 0.2) is 0 Å². The average Bonchev–Trinajstić information content (AvgIpc) is 2.30. The summed E-state index contributed by atoms with van der Waals surface area (Å²) < 4.78 is 0. The zero-order valence-electron chi connectivity index (χ0n) is 11.3. The second-order valence-electron chi connectivity index (χ2n) is 4.98. The molecule has 6 heteroatoms. The number of nitro groups is 1. The Hall–Kier alpha value is -1.95. The minimum atomic E-state index is -0.611. The molecule has 0 saturated carbocycles. The molecule has 0 aliphatic carbocycles. The number of nitrogens with two attached hydrogens (primary N) is 1. The summed E-state index contributed by atoms with van der Waals surface area (Å²) in [5.41, 5.74) is 6.67. The van der Waals surface area contributed by atoms with Gasteiger partial charge in [0.25, 0.3) is 5.69 Å². The van der Waals surface area contributed by atoms with E-state index >= 15 is 0 Å². The standard InChI is InChI=1S/C13H19N3O3/c1-8(2)6-11(14)13(17)15-10-5-4-9(3)12(7-10)16(18)19/h4-5,7-8,11H,6,14H2,1-3H3,(H,15,17)/t11-/m1/s1. The van der Waals surface area contributed by atoms with E-state index in [1.54, 1.807) is 19.1 Å². The normalized spacial score (nSPS) is 12.3. The van der Waals surface area contributed by atoms with E-state index in [0.29, 0.717) is 23.6 Å². The van der Waals surface area contributed by atoms with Crippen LogP contribution >= 0.6 is 0 Å². The first-order valence-electron chi connectivity index (χ1n) is 6.12. The Labute approximate surface area is 112 Å². The molecule has 0 bridgehead atoms. The summed E-state index contributed by atoms with van der Waals surface area (Å²) in [5.74, 6) is -0.0139. The molecule has 0 aliphatic rings. The van der Waals surface area contributed by atoms with E-state index in [9.17, 15) is 14.9 Å². The number of carbonyl (C=O) groups is 1. The largest absolute Gasteiger partial charge is 0.324 e. The number of amides is 1. The number of carbonyl (C=O) groups excluding carboxylic acids is 1. The first-order chi connectivity index (χ1) is 8.81. The molecule has 1 aromatic rings. The number of hydrogen-bond donors (Lipinski definition) is 2. The van der Waals surface area contributed by atoms with Gasteiger partial charge in [-0.1, -0.05) is 19.9 Å². The zero-order chi connectivity index (χ0) is 14.6. The molecular weight excluding hydrogens is 246 g/mol. The van der Waals surface area contributed by atoms with Gasteiger partial charge < -0.3 is 11.1 Å². The van der Waals surface area contributed by atoms with Crippen LogP contribution in [0.25, 0.3) is 0 Å². The maximum Gasteiger partial charge on any atom is 0.274 e. The minimum Gasteiger partial charge on any atom is -0.324 e. The Morgan fingerprint density at radius 1 is 1.47 bits per heavy atom. The lowest BCUT2D eigenvalue weighted by Gasteiger charge is -2.14. The molecule has 0 fully saturated rings. The van der Waals surface area contributed by atoms with Gasteiger partial charge in [-0.05, 0) is 25.3 Å². The summed E-state index contributed by atoms with van der Waals surface area (Å²) in [6.07, 6.45) is 0.569. The third-order valence-corrected chi connectivity index (χ3v) is 2.74. The van der Waals surface area contributed by atoms with Gasteiger partial charge in [-0.15, -0.1) is 0 Å². The predicted molar refractivity (Wildman–Crippen MR) is 73.9 cm³/mol. The van der Waals surface area contributed by atoms with E-state index in [1.807, 2.05) is 13.8 Å². The molecule has 0 aliphatic heterocycles. The Bertz CT molecular complexity index is 486. The van der Waals surface area contributed by atoms with Gasteiger partial charge in [0.1, 0.15) is 0 Å². The van der Waals surface area contributed by atoms with Crippen LogP contribution in [0.1, 0.15) is 25.8 Å². The van der Waals surface area contributed by atoms with Gasteiger partial charge >= 0.3 is 0 Å². The molecule has 19 heavy (non-hydrogen) atoms. The summed E-state index contributed by atoms with van der Waals surface area (Å²) in [6.45, 7) is 5.60. The number of benzene rings is 1. The van der Waals surface area contributed by atoms with Gasteiger partial charge in [-0.2, -0.15) is 0 Å². The minimum absolute atomic E-state index is 0.0183. The van der Waals surface area contributed by atoms with Crippen LogP contribution in [0.2, 0.25) is 0 Å². The highest BCUT2D eigenvalue weighted by atomic mass is 16.6. The fourth-order valence-corrected chi connectivity index (χ4v) is 1.73. The molecule has 0 radical (unpaired) electrons. The third kappa shape index (κ3) is 4.33. The van der Waals surface area contributed by atoms with E-state index in [2.05, 4.69) is 5.32 Å². The molecule has 1 rings (SSSR count). The third-order valence-electron chi connectivity index (χ3n) is 2.74. The summed E-state index contributed by atoms with van der Waals surface area (Å²) in [5, 5.41) is 13.4. The van der Waals surface area contributed by atoms with Crippen LogP contribution in [-0.4, -0.2) is 16.9 Å². The van der Waals surface area contributed by atoms with Crippen molar-refractivity contribution < 1.29 is 9.72 Å². The van der Waals surface area contributed by atoms with Crippen LogP contribution in [0, 0.1) is 23.0 Å². The second-order valence-corrected chi connectivity index (χ2v) is 4.98. The molecule has 104 valence electrons. The van der Waals surface area contributed by atoms with Crippen molar-refractivity contribution in [2.45, 2.75) is 33.2 Å². The lowest BCUT2D eigenvalue weighted by molar-refractivity contribution is -0.385. The smallest absolute Gasteiger partial charge is 0.274 e. The maximum atomic E-state index is 11.8. The molecule has 0 saturated heterocycles. The van der Waals surface area contributed by atoms with Crippen LogP contribution < -0.4 is 11.1 Å². The Morgan fingerprint density at radius 3 is 2.63 bits per heavy atom. The highest BCUT2D eigenvalue weighted by Crippen LogP contribution is 2.22. The first-order valence-corrected chi connectivity index (χ1v) is 6.12. The molecule has 1 amide bonds. The fraction of sp³-hybridized carbons (Fsp3) is 0.462. The van der Waals surface area contributed by atoms with Crippen molar-refractivity contribution in [3.8, 4) is 0 Å². The Kier molecular flexibility index (Phi) is 5.00. The Morgan fingerprint density at radius 2 is 2.11 bits per heavy atom. The average molecular weight is 265 g/mol. The number of nitrogens with one attached hydrogen (secondary N) is 1. The van der Waals surface area contributed by atoms with Gasteiger partial charge in [0, 0.05) is 17.3 Å². The van der Waals surface area contributed by atoms with E-state index in [-0.39, 0.29) is 11.6 Å². The maximum absolute atomic E-state index is 11.8. The van der Waals surface area contributed by atoms with E-state index in [1.165, 1.54) is 6.07 Å². The summed E-state index contributed by atoms with van der Waals surface area (Å²) in [4.78, 5) is 22.1. The lowest BCUT2D eigenvalue weighted by atomic mass is 10.0. The number of hydrogen-bond acceptors (Lipinski definition) is 4. The van der Waals surface area contributed by atoms with Crippen molar-refractivity contribution in [1.29, 1.82) is 0 Å². The van der Waals surface area contributed by atoms with Crippen molar-refractivity contribution in [1.82, 2.24) is 0 Å². The fourth-order valence-electron chi connectivity index (χ4n) is 1.73. The number of nitrogens with zero attached hydrogens (tertiary/aromatic N) is 1. The molecular formula is C13H19N3O3. The number of nitro benzene ring substituents is 1. The molecule has 1 atom stereocenters. The summed E-state index contributed by atoms with van der Waals surface area (Å²) in [7, 11) is 0. The Balaban J connectivity index is 2.80. The molecule has 0 spiro atoms. The van der Waals surface area contributed by atoms with E-state index in [0.717, 1.165) is 0 Å². The number of anilines is 1. The van der Waals surface area contributed by atoms with Gasteiger partial charge in [0.05, 0.1) is 11.0 Å². The van der Waals surface area contributed by atoms with Crippen LogP contribution in [-0.2, 0) is 4.79 Å². The van der Waals surface area contributed by atoms with Crippen molar-refractivity contribution in [2.75, 3.05) is 5.32 Å². The van der Waals surface area contributed by atoms with Crippen molar-refractivity contribution in [2.24, 2.45) is 11.7 Å². The molecule has 0 unspecified atom stereocenters. The molecule has 1 aromatic carbocycles. The molecule has 0 heterocycles. The van der Waals surface area contributed by atoms with Crippen LogP contribution in [0.4, 0.5) is 11.4 Å². The quantitative estimate of drug-likeness (QED) is 0.630.